The first-order valence-corrected chi connectivity index (χ1v) is 6.43. The fourth-order valence-electron chi connectivity index (χ4n) is 1.43. The molecule has 1 rings (SSSR count). The van der Waals surface area contributed by atoms with E-state index in [-0.39, 0.29) is 0 Å². The van der Waals surface area contributed by atoms with Gasteiger partial charge in [0.1, 0.15) is 0 Å². The molecule has 0 aliphatic rings. The van der Waals surface area contributed by atoms with Crippen molar-refractivity contribution in [3.8, 4) is 0 Å². The first kappa shape index (κ1) is 12.0. The van der Waals surface area contributed by atoms with Crippen LogP contribution in [0.5, 0.6) is 0 Å². The Labute approximate surface area is 95.5 Å². The minimum atomic E-state index is 0.432. The van der Waals surface area contributed by atoms with Gasteiger partial charge < -0.3 is 5.32 Å². The smallest absolute Gasteiger partial charge is 0.0590 e. The lowest BCUT2D eigenvalue weighted by Gasteiger charge is -2.15. The van der Waals surface area contributed by atoms with Gasteiger partial charge in [0.25, 0.3) is 0 Å². The summed E-state index contributed by atoms with van der Waals surface area (Å²) in [7, 11) is 0. The van der Waals surface area contributed by atoms with Crippen molar-refractivity contribution >= 4 is 22.9 Å². The summed E-state index contributed by atoms with van der Waals surface area (Å²) in [6.07, 6.45) is 2.26. The van der Waals surface area contributed by atoms with Gasteiger partial charge in [-0.2, -0.15) is 0 Å². The van der Waals surface area contributed by atoms with Gasteiger partial charge in [-0.05, 0) is 37.3 Å². The van der Waals surface area contributed by atoms with Crippen molar-refractivity contribution in [1.82, 2.24) is 5.32 Å². The highest BCUT2D eigenvalue weighted by atomic mass is 35.5. The Morgan fingerprint density at radius 2 is 2.21 bits per heavy atom. The van der Waals surface area contributed by atoms with Crippen LogP contribution in [-0.4, -0.2) is 6.54 Å². The van der Waals surface area contributed by atoms with E-state index in [9.17, 15) is 0 Å². The van der Waals surface area contributed by atoms with E-state index in [0.29, 0.717) is 6.04 Å². The van der Waals surface area contributed by atoms with Gasteiger partial charge in [0.2, 0.25) is 0 Å². The lowest BCUT2D eigenvalue weighted by atomic mass is 10.1. The molecule has 0 bridgehead atoms. The molecule has 1 atom stereocenters. The number of halogens is 1. The topological polar surface area (TPSA) is 12.0 Å². The predicted octanol–water partition coefficient (Wildman–Crippen LogP) is 4.16. The van der Waals surface area contributed by atoms with E-state index in [1.807, 2.05) is 0 Å². The summed E-state index contributed by atoms with van der Waals surface area (Å²) in [5.74, 6) is 0. The van der Waals surface area contributed by atoms with Gasteiger partial charge >= 0.3 is 0 Å². The molecule has 1 unspecified atom stereocenters. The van der Waals surface area contributed by atoms with E-state index in [0.717, 1.165) is 18.0 Å². The van der Waals surface area contributed by atoms with E-state index < -0.39 is 0 Å². The molecule has 1 nitrogen and oxygen atoms in total. The maximum absolute atomic E-state index is 6.23. The summed E-state index contributed by atoms with van der Waals surface area (Å²) in [4.78, 5) is 1.29. The lowest BCUT2D eigenvalue weighted by Crippen LogP contribution is -2.20. The molecule has 1 aromatic heterocycles. The summed E-state index contributed by atoms with van der Waals surface area (Å²) in [5, 5.41) is 6.60. The molecule has 0 aromatic carbocycles. The van der Waals surface area contributed by atoms with Crippen LogP contribution < -0.4 is 5.32 Å². The minimum absolute atomic E-state index is 0.432. The van der Waals surface area contributed by atoms with Gasteiger partial charge in [-0.3, -0.25) is 0 Å². The zero-order valence-electron chi connectivity index (χ0n) is 9.06. The molecular weight excluding hydrogens is 214 g/mol. The van der Waals surface area contributed by atoms with E-state index >= 15 is 0 Å². The fourth-order valence-corrected chi connectivity index (χ4v) is 2.91. The number of thiophene rings is 1. The molecular formula is C11H18ClNS. The summed E-state index contributed by atoms with van der Waals surface area (Å²) in [6.45, 7) is 7.50. The molecule has 0 aliphatic heterocycles. The highest BCUT2D eigenvalue weighted by molar-refractivity contribution is 7.10. The SMILES string of the molecule is CCCNC(CC)c1scc(C)c1Cl. The van der Waals surface area contributed by atoms with Crippen LogP contribution in [0.4, 0.5) is 0 Å². The maximum atomic E-state index is 6.23. The number of nitrogens with one attached hydrogen (secondary N) is 1. The molecule has 80 valence electrons. The van der Waals surface area contributed by atoms with E-state index in [2.05, 4.69) is 31.5 Å². The van der Waals surface area contributed by atoms with Gasteiger partial charge in [0, 0.05) is 10.9 Å². The Hall–Kier alpha value is -0.0500. The zero-order valence-corrected chi connectivity index (χ0v) is 10.6. The van der Waals surface area contributed by atoms with Crippen molar-refractivity contribution in [3.05, 3.63) is 20.8 Å². The first-order chi connectivity index (χ1) is 6.70. The Morgan fingerprint density at radius 3 is 2.64 bits per heavy atom. The second-order valence-electron chi connectivity index (χ2n) is 3.51. The summed E-state index contributed by atoms with van der Waals surface area (Å²) in [5.41, 5.74) is 1.20. The molecule has 3 heteroatoms. The van der Waals surface area contributed by atoms with Crippen molar-refractivity contribution in [2.24, 2.45) is 0 Å². The van der Waals surface area contributed by atoms with Crippen LogP contribution in [0.25, 0.3) is 0 Å². The molecule has 0 aliphatic carbocycles. The van der Waals surface area contributed by atoms with Gasteiger partial charge in [0.05, 0.1) is 5.02 Å². The van der Waals surface area contributed by atoms with Gasteiger partial charge in [-0.1, -0.05) is 25.4 Å². The van der Waals surface area contributed by atoms with Crippen molar-refractivity contribution in [3.63, 3.8) is 0 Å². The van der Waals surface area contributed by atoms with Crippen LogP contribution in [0.3, 0.4) is 0 Å². The largest absolute Gasteiger partial charge is 0.309 e. The summed E-state index contributed by atoms with van der Waals surface area (Å²) < 4.78 is 0. The normalized spacial score (nSPS) is 13.1. The number of aryl methyl sites for hydroxylation is 1. The molecule has 0 saturated carbocycles. The number of hydrogen-bond donors (Lipinski definition) is 1. The van der Waals surface area contributed by atoms with E-state index in [1.54, 1.807) is 11.3 Å². The average Bonchev–Trinajstić information content (AvgIpc) is 2.51. The summed E-state index contributed by atoms with van der Waals surface area (Å²) >= 11 is 8.00. The Balaban J connectivity index is 2.73. The molecule has 0 fully saturated rings. The second kappa shape index (κ2) is 5.74. The van der Waals surface area contributed by atoms with Gasteiger partial charge in [-0.15, -0.1) is 11.3 Å². The Morgan fingerprint density at radius 1 is 1.50 bits per heavy atom. The third-order valence-corrected chi connectivity index (χ3v) is 4.12. The molecule has 0 spiro atoms. The van der Waals surface area contributed by atoms with Crippen LogP contribution in [0.15, 0.2) is 5.38 Å². The molecule has 0 saturated heterocycles. The lowest BCUT2D eigenvalue weighted by molar-refractivity contribution is 0.525. The molecule has 1 heterocycles. The quantitative estimate of drug-likeness (QED) is 0.803. The number of hydrogen-bond acceptors (Lipinski definition) is 2. The van der Waals surface area contributed by atoms with Crippen molar-refractivity contribution in [2.45, 2.75) is 39.7 Å². The first-order valence-electron chi connectivity index (χ1n) is 5.17. The highest BCUT2D eigenvalue weighted by Gasteiger charge is 2.15. The fraction of sp³-hybridized carbons (Fsp3) is 0.636. The molecule has 0 amide bonds. The van der Waals surface area contributed by atoms with Crippen LogP contribution in [0.1, 0.15) is 43.2 Å². The third-order valence-electron chi connectivity index (χ3n) is 2.29. The van der Waals surface area contributed by atoms with E-state index in [4.69, 9.17) is 11.6 Å². The van der Waals surface area contributed by atoms with Crippen molar-refractivity contribution in [1.29, 1.82) is 0 Å². The Kier molecular flexibility index (Phi) is 4.93. The maximum Gasteiger partial charge on any atom is 0.0590 e. The Bertz CT molecular complexity index is 283. The average molecular weight is 232 g/mol. The van der Waals surface area contributed by atoms with Crippen LogP contribution in [-0.2, 0) is 0 Å². The molecule has 14 heavy (non-hydrogen) atoms. The van der Waals surface area contributed by atoms with Gasteiger partial charge in [-0.25, -0.2) is 0 Å². The second-order valence-corrected chi connectivity index (χ2v) is 4.80. The molecule has 1 aromatic rings. The summed E-state index contributed by atoms with van der Waals surface area (Å²) in [6, 6.07) is 0.432. The highest BCUT2D eigenvalue weighted by Crippen LogP contribution is 2.33. The van der Waals surface area contributed by atoms with Crippen molar-refractivity contribution < 1.29 is 0 Å². The standard InChI is InChI=1S/C11H18ClNS/c1-4-6-13-9(5-2)11-10(12)8(3)7-14-11/h7,9,13H,4-6H2,1-3H3. The zero-order chi connectivity index (χ0) is 10.6. The van der Waals surface area contributed by atoms with Crippen LogP contribution in [0, 0.1) is 6.92 Å². The monoisotopic (exact) mass is 231 g/mol. The van der Waals surface area contributed by atoms with Crippen LogP contribution in [0.2, 0.25) is 5.02 Å². The number of rotatable bonds is 5. The van der Waals surface area contributed by atoms with Crippen molar-refractivity contribution in [2.75, 3.05) is 6.54 Å². The molecule has 1 N–H and O–H groups in total. The van der Waals surface area contributed by atoms with Crippen LogP contribution >= 0.6 is 22.9 Å². The van der Waals surface area contributed by atoms with E-state index in [1.165, 1.54) is 16.9 Å². The molecule has 0 radical (unpaired) electrons. The third kappa shape index (κ3) is 2.72. The predicted molar refractivity (Wildman–Crippen MR) is 65.4 cm³/mol. The minimum Gasteiger partial charge on any atom is -0.309 e. The van der Waals surface area contributed by atoms with Gasteiger partial charge in [0.15, 0.2) is 0 Å².